The van der Waals surface area contributed by atoms with Crippen molar-refractivity contribution in [2.24, 2.45) is 0 Å². The zero-order valence-electron chi connectivity index (χ0n) is 18.8. The highest BCUT2D eigenvalue weighted by Gasteiger charge is 2.29. The highest BCUT2D eigenvalue weighted by atomic mass is 79.9. The molecule has 2 aliphatic carbocycles. The number of pyridine rings is 1. The van der Waals surface area contributed by atoms with E-state index in [1.54, 1.807) is 0 Å². The summed E-state index contributed by atoms with van der Waals surface area (Å²) in [6.45, 7) is 0. The number of halogens is 2. The van der Waals surface area contributed by atoms with Gasteiger partial charge in [0.2, 0.25) is 0 Å². The van der Waals surface area contributed by atoms with Gasteiger partial charge in [0, 0.05) is 51.1 Å². The number of fused-ring (bicyclic) bond motifs is 7. The van der Waals surface area contributed by atoms with E-state index in [4.69, 9.17) is 4.98 Å². The van der Waals surface area contributed by atoms with Crippen LogP contribution in [-0.2, 0) is 25.7 Å². The Morgan fingerprint density at radius 3 is 1.94 bits per heavy atom. The van der Waals surface area contributed by atoms with E-state index < -0.39 is 0 Å². The lowest BCUT2D eigenvalue weighted by Crippen LogP contribution is -2.15. The summed E-state index contributed by atoms with van der Waals surface area (Å²) >= 11 is 7.35. The second-order valence-electron chi connectivity index (χ2n) is 9.18. The zero-order valence-corrected chi connectivity index (χ0v) is 21.9. The van der Waals surface area contributed by atoms with Gasteiger partial charge in [0.15, 0.2) is 0 Å². The van der Waals surface area contributed by atoms with Crippen LogP contribution in [0.25, 0.3) is 33.5 Å². The first-order valence-electron chi connectivity index (χ1n) is 11.4. The lowest BCUT2D eigenvalue weighted by Gasteiger charge is -2.30. The molecule has 0 amide bonds. The second kappa shape index (κ2) is 8.11. The first-order valence-corrected chi connectivity index (χ1v) is 13.0. The van der Waals surface area contributed by atoms with Crippen molar-refractivity contribution in [3.8, 4) is 33.5 Å². The van der Waals surface area contributed by atoms with E-state index in [0.29, 0.717) is 0 Å². The van der Waals surface area contributed by atoms with Gasteiger partial charge < -0.3 is 4.90 Å². The van der Waals surface area contributed by atoms with Crippen LogP contribution in [0.15, 0.2) is 69.6 Å². The fraction of sp³-hybridized carbons (Fsp3) is 0.207. The van der Waals surface area contributed by atoms with E-state index in [0.717, 1.165) is 40.3 Å². The maximum Gasteiger partial charge on any atom is 0.0786 e. The monoisotopic (exact) mass is 558 g/mol. The molecule has 0 spiro atoms. The van der Waals surface area contributed by atoms with Gasteiger partial charge in [-0.3, -0.25) is 4.98 Å². The van der Waals surface area contributed by atoms with E-state index in [1.165, 1.54) is 55.9 Å². The lowest BCUT2D eigenvalue weighted by atomic mass is 9.76. The van der Waals surface area contributed by atoms with Crippen molar-refractivity contribution in [3.05, 3.63) is 92.0 Å². The normalized spacial score (nSPS) is 13.6. The average molecular weight is 560 g/mol. The highest BCUT2D eigenvalue weighted by Crippen LogP contribution is 2.47. The molecule has 1 aromatic heterocycles. The molecular formula is C29H24Br2N2. The van der Waals surface area contributed by atoms with Crippen molar-refractivity contribution in [2.75, 3.05) is 19.0 Å². The van der Waals surface area contributed by atoms with E-state index in [2.05, 4.69) is 112 Å². The average Bonchev–Trinajstić information content (AvgIpc) is 2.82. The fourth-order valence-electron chi connectivity index (χ4n) is 5.39. The Kier molecular flexibility index (Phi) is 5.19. The molecule has 2 nitrogen and oxygen atoms in total. The standard InChI is InChI=1S/C29H24Br2N2/c1-33(2)22-9-3-17(4-10-22)29-28-24-13-8-21(31)15-18(24)5-11-25(28)27-23-12-7-20(30)16-19(23)6-14-26(27)32-29/h3-4,7-10,12-13,15-16H,5-6,11,14H2,1-2H3. The predicted octanol–water partition coefficient (Wildman–Crippen LogP) is 7.87. The molecule has 33 heavy (non-hydrogen) atoms. The van der Waals surface area contributed by atoms with Gasteiger partial charge in [0.1, 0.15) is 0 Å². The molecule has 4 heteroatoms. The van der Waals surface area contributed by atoms with Crippen LogP contribution in [0, 0.1) is 0 Å². The van der Waals surface area contributed by atoms with Gasteiger partial charge in [0.05, 0.1) is 5.69 Å². The Hall–Kier alpha value is -2.43. The summed E-state index contributed by atoms with van der Waals surface area (Å²) in [6.07, 6.45) is 4.13. The molecule has 0 aliphatic heterocycles. The molecule has 0 saturated carbocycles. The number of rotatable bonds is 2. The fourth-order valence-corrected chi connectivity index (χ4v) is 6.21. The minimum absolute atomic E-state index is 0.988. The molecule has 6 rings (SSSR count). The van der Waals surface area contributed by atoms with E-state index in [-0.39, 0.29) is 0 Å². The van der Waals surface area contributed by atoms with Crippen molar-refractivity contribution >= 4 is 37.5 Å². The molecule has 0 fully saturated rings. The molecule has 0 radical (unpaired) electrons. The van der Waals surface area contributed by atoms with Crippen molar-refractivity contribution in [1.82, 2.24) is 4.98 Å². The van der Waals surface area contributed by atoms with Gasteiger partial charge in [-0.2, -0.15) is 0 Å². The Morgan fingerprint density at radius 1 is 0.697 bits per heavy atom. The molecule has 0 N–H and O–H groups in total. The number of aryl methyl sites for hydroxylation is 3. The third kappa shape index (κ3) is 3.55. The van der Waals surface area contributed by atoms with Crippen LogP contribution in [0.3, 0.4) is 0 Å². The molecule has 2 aliphatic rings. The number of anilines is 1. The summed E-state index contributed by atoms with van der Waals surface area (Å²) in [5.41, 5.74) is 14.4. The van der Waals surface area contributed by atoms with Crippen LogP contribution >= 0.6 is 31.9 Å². The SMILES string of the molecule is CN(C)c1ccc(-c2nc3c(c4c2-c2ccc(Br)cc2CC4)-c2ccc(Br)cc2CC3)cc1. The quantitative estimate of drug-likeness (QED) is 0.248. The van der Waals surface area contributed by atoms with Crippen LogP contribution in [0.1, 0.15) is 22.4 Å². The maximum atomic E-state index is 5.38. The summed E-state index contributed by atoms with van der Waals surface area (Å²) in [7, 11) is 4.16. The highest BCUT2D eigenvalue weighted by molar-refractivity contribution is 9.10. The van der Waals surface area contributed by atoms with E-state index >= 15 is 0 Å². The minimum atomic E-state index is 0.988. The van der Waals surface area contributed by atoms with Crippen LogP contribution in [0.2, 0.25) is 0 Å². The lowest BCUT2D eigenvalue weighted by molar-refractivity contribution is 0.871. The third-order valence-electron chi connectivity index (χ3n) is 6.98. The van der Waals surface area contributed by atoms with E-state index in [1.807, 2.05) is 0 Å². The number of hydrogen-bond acceptors (Lipinski definition) is 2. The molecule has 0 atom stereocenters. The maximum absolute atomic E-state index is 5.38. The van der Waals surface area contributed by atoms with Gasteiger partial charge in [-0.25, -0.2) is 0 Å². The smallest absolute Gasteiger partial charge is 0.0786 e. The largest absolute Gasteiger partial charge is 0.378 e. The minimum Gasteiger partial charge on any atom is -0.378 e. The zero-order chi connectivity index (χ0) is 22.7. The van der Waals surface area contributed by atoms with Crippen molar-refractivity contribution in [2.45, 2.75) is 25.7 Å². The second-order valence-corrected chi connectivity index (χ2v) is 11.0. The molecular weight excluding hydrogens is 536 g/mol. The Balaban J connectivity index is 1.65. The first kappa shape index (κ1) is 21.1. The Morgan fingerprint density at radius 2 is 1.30 bits per heavy atom. The van der Waals surface area contributed by atoms with Crippen LogP contribution in [0.4, 0.5) is 5.69 Å². The summed E-state index contributed by atoms with van der Waals surface area (Å²) in [6, 6.07) is 22.3. The molecule has 0 bridgehead atoms. The Bertz CT molecular complexity index is 1400. The van der Waals surface area contributed by atoms with Crippen molar-refractivity contribution in [1.29, 1.82) is 0 Å². The van der Waals surface area contributed by atoms with E-state index in [9.17, 15) is 0 Å². The molecule has 4 aromatic rings. The molecule has 3 aromatic carbocycles. The molecule has 0 saturated heterocycles. The molecule has 0 unspecified atom stereocenters. The van der Waals surface area contributed by atoms with Gasteiger partial charge in [-0.15, -0.1) is 0 Å². The topological polar surface area (TPSA) is 16.1 Å². The summed E-state index contributed by atoms with van der Waals surface area (Å²) in [5.74, 6) is 0. The van der Waals surface area contributed by atoms with Crippen molar-refractivity contribution < 1.29 is 0 Å². The van der Waals surface area contributed by atoms with Crippen LogP contribution < -0.4 is 4.90 Å². The molecule has 1 heterocycles. The first-order chi connectivity index (χ1) is 16.0. The van der Waals surface area contributed by atoms with Crippen molar-refractivity contribution in [3.63, 3.8) is 0 Å². The summed E-state index contributed by atoms with van der Waals surface area (Å²) in [4.78, 5) is 7.52. The third-order valence-corrected chi connectivity index (χ3v) is 7.97. The number of nitrogens with zero attached hydrogens (tertiary/aromatic N) is 2. The van der Waals surface area contributed by atoms with Gasteiger partial charge in [-0.1, -0.05) is 56.1 Å². The van der Waals surface area contributed by atoms with Crippen LogP contribution in [-0.4, -0.2) is 19.1 Å². The van der Waals surface area contributed by atoms with Gasteiger partial charge >= 0.3 is 0 Å². The Labute approximate surface area is 211 Å². The number of hydrogen-bond donors (Lipinski definition) is 0. The van der Waals surface area contributed by atoms with Gasteiger partial charge in [0.25, 0.3) is 0 Å². The summed E-state index contributed by atoms with van der Waals surface area (Å²) in [5, 5.41) is 0. The van der Waals surface area contributed by atoms with Gasteiger partial charge in [-0.05, 0) is 89.9 Å². The molecule has 164 valence electrons. The predicted molar refractivity (Wildman–Crippen MR) is 145 cm³/mol. The van der Waals surface area contributed by atoms with Crippen LogP contribution in [0.5, 0.6) is 0 Å². The number of benzene rings is 3. The number of aromatic nitrogens is 1. The summed E-state index contributed by atoms with van der Waals surface area (Å²) < 4.78 is 2.29.